The molecule has 0 bridgehead atoms. The summed E-state index contributed by atoms with van der Waals surface area (Å²) in [4.78, 5) is 18.3. The minimum atomic E-state index is 0.402. The molecule has 222 valence electrons. The fraction of sp³-hybridized carbons (Fsp3) is 0.971. The molecule has 0 fully saturated rings. The van der Waals surface area contributed by atoms with Crippen LogP contribution in [0.5, 0.6) is 0 Å². The van der Waals surface area contributed by atoms with E-state index in [0.717, 1.165) is 26.2 Å². The van der Waals surface area contributed by atoms with E-state index in [9.17, 15) is 4.79 Å². The standard InChI is InChI=1S/C34H70N2O/c1-5-9-13-17-21-25-29-35(30-26-22-18-14-10-6-2)33-34(37)36(31-27-23-19-15-11-7-3)32-28-24-20-16-12-8-4/h5-33H2,1-4H3. The van der Waals surface area contributed by atoms with E-state index in [0.29, 0.717) is 12.5 Å². The summed E-state index contributed by atoms with van der Waals surface area (Å²) < 4.78 is 0. The quantitative estimate of drug-likeness (QED) is 0.0876. The molecule has 3 heteroatoms. The fourth-order valence-electron chi connectivity index (χ4n) is 5.32. The molecule has 0 aromatic heterocycles. The van der Waals surface area contributed by atoms with Crippen molar-refractivity contribution in [1.29, 1.82) is 0 Å². The molecule has 0 heterocycles. The summed E-state index contributed by atoms with van der Waals surface area (Å²) in [7, 11) is 0. The van der Waals surface area contributed by atoms with E-state index in [2.05, 4.69) is 37.5 Å². The molecule has 0 rings (SSSR count). The molecule has 0 aliphatic rings. The Bertz CT molecular complexity index is 421. The Morgan fingerprint density at radius 1 is 0.378 bits per heavy atom. The van der Waals surface area contributed by atoms with Gasteiger partial charge >= 0.3 is 0 Å². The predicted octanol–water partition coefficient (Wildman–Crippen LogP) is 10.6. The second kappa shape index (κ2) is 30.0. The van der Waals surface area contributed by atoms with Crippen molar-refractivity contribution in [2.45, 2.75) is 182 Å². The number of amides is 1. The van der Waals surface area contributed by atoms with Crippen LogP contribution in [-0.4, -0.2) is 48.4 Å². The third kappa shape index (κ3) is 25.5. The topological polar surface area (TPSA) is 23.6 Å². The number of unbranched alkanes of at least 4 members (excludes halogenated alkanes) is 20. The highest BCUT2D eigenvalue weighted by Gasteiger charge is 2.17. The molecule has 0 spiro atoms. The number of hydrogen-bond donors (Lipinski definition) is 0. The zero-order valence-electron chi connectivity index (χ0n) is 26.3. The van der Waals surface area contributed by atoms with Crippen LogP contribution in [0.3, 0.4) is 0 Å². The molecule has 0 saturated heterocycles. The van der Waals surface area contributed by atoms with E-state index in [-0.39, 0.29) is 0 Å². The molecule has 0 aliphatic heterocycles. The van der Waals surface area contributed by atoms with Crippen LogP contribution in [0.25, 0.3) is 0 Å². The van der Waals surface area contributed by atoms with Gasteiger partial charge in [-0.25, -0.2) is 0 Å². The van der Waals surface area contributed by atoms with Gasteiger partial charge < -0.3 is 4.90 Å². The van der Waals surface area contributed by atoms with Gasteiger partial charge in [-0.2, -0.15) is 0 Å². The molecule has 0 N–H and O–H groups in total. The monoisotopic (exact) mass is 523 g/mol. The molecule has 37 heavy (non-hydrogen) atoms. The molecule has 0 aromatic carbocycles. The van der Waals surface area contributed by atoms with Gasteiger partial charge in [0, 0.05) is 13.1 Å². The van der Waals surface area contributed by atoms with Crippen molar-refractivity contribution in [2.75, 3.05) is 32.7 Å². The first-order chi connectivity index (χ1) is 18.2. The van der Waals surface area contributed by atoms with Crippen LogP contribution < -0.4 is 0 Å². The van der Waals surface area contributed by atoms with Crippen molar-refractivity contribution in [3.8, 4) is 0 Å². The van der Waals surface area contributed by atoms with E-state index < -0.39 is 0 Å². The SMILES string of the molecule is CCCCCCCCN(CCCCCCCC)CC(=O)N(CCCCCCCC)CCCCCCCC. The number of nitrogens with zero attached hydrogens (tertiary/aromatic N) is 2. The van der Waals surface area contributed by atoms with Crippen molar-refractivity contribution in [1.82, 2.24) is 9.80 Å². The Morgan fingerprint density at radius 3 is 0.973 bits per heavy atom. The average Bonchev–Trinajstić information content (AvgIpc) is 2.90. The highest BCUT2D eigenvalue weighted by atomic mass is 16.2. The van der Waals surface area contributed by atoms with Gasteiger partial charge in [-0.05, 0) is 38.8 Å². The lowest BCUT2D eigenvalue weighted by atomic mass is 10.1. The van der Waals surface area contributed by atoms with E-state index in [1.165, 1.54) is 154 Å². The summed E-state index contributed by atoms with van der Waals surface area (Å²) in [5.74, 6) is 0.402. The van der Waals surface area contributed by atoms with Gasteiger partial charge in [0.15, 0.2) is 0 Å². The van der Waals surface area contributed by atoms with Crippen molar-refractivity contribution in [2.24, 2.45) is 0 Å². The smallest absolute Gasteiger partial charge is 0.236 e. The van der Waals surface area contributed by atoms with Gasteiger partial charge in [-0.1, -0.05) is 156 Å². The molecule has 0 saturated carbocycles. The maximum Gasteiger partial charge on any atom is 0.236 e. The van der Waals surface area contributed by atoms with Crippen molar-refractivity contribution in [3.63, 3.8) is 0 Å². The largest absolute Gasteiger partial charge is 0.342 e. The van der Waals surface area contributed by atoms with Crippen LogP contribution in [0, 0.1) is 0 Å². The number of carbonyl (C=O) groups excluding carboxylic acids is 1. The lowest BCUT2D eigenvalue weighted by molar-refractivity contribution is -0.132. The van der Waals surface area contributed by atoms with Gasteiger partial charge in [0.05, 0.1) is 6.54 Å². The zero-order chi connectivity index (χ0) is 27.2. The maximum atomic E-state index is 13.5. The average molecular weight is 523 g/mol. The number of carbonyl (C=O) groups is 1. The van der Waals surface area contributed by atoms with Gasteiger partial charge in [0.25, 0.3) is 0 Å². The molecular weight excluding hydrogens is 452 g/mol. The van der Waals surface area contributed by atoms with E-state index in [1.54, 1.807) is 0 Å². The second-order valence-electron chi connectivity index (χ2n) is 11.7. The summed E-state index contributed by atoms with van der Waals surface area (Å²) in [5, 5.41) is 0. The molecule has 0 atom stereocenters. The van der Waals surface area contributed by atoms with E-state index >= 15 is 0 Å². The highest BCUT2D eigenvalue weighted by molar-refractivity contribution is 5.78. The first-order valence-electron chi connectivity index (χ1n) is 17.2. The molecular formula is C34H70N2O. The minimum absolute atomic E-state index is 0.402. The molecule has 1 amide bonds. The summed E-state index contributed by atoms with van der Waals surface area (Å²) in [5.41, 5.74) is 0. The molecule has 3 nitrogen and oxygen atoms in total. The van der Waals surface area contributed by atoms with Crippen LogP contribution in [0.15, 0.2) is 0 Å². The number of hydrogen-bond acceptors (Lipinski definition) is 2. The van der Waals surface area contributed by atoms with Crippen molar-refractivity contribution in [3.05, 3.63) is 0 Å². The second-order valence-corrected chi connectivity index (χ2v) is 11.7. The lowest BCUT2D eigenvalue weighted by Crippen LogP contribution is -2.42. The zero-order valence-corrected chi connectivity index (χ0v) is 26.3. The van der Waals surface area contributed by atoms with Gasteiger partial charge in [-0.15, -0.1) is 0 Å². The first-order valence-corrected chi connectivity index (χ1v) is 17.2. The Balaban J connectivity index is 4.73. The number of rotatable bonds is 30. The molecule has 0 aromatic rings. The van der Waals surface area contributed by atoms with Gasteiger partial charge in [0.2, 0.25) is 5.91 Å². The van der Waals surface area contributed by atoms with Crippen LogP contribution >= 0.6 is 0 Å². The summed E-state index contributed by atoms with van der Waals surface area (Å²) in [6, 6.07) is 0. The van der Waals surface area contributed by atoms with Crippen LogP contribution in [-0.2, 0) is 4.79 Å². The Hall–Kier alpha value is -0.570. The first kappa shape index (κ1) is 36.4. The lowest BCUT2D eigenvalue weighted by Gasteiger charge is -2.28. The van der Waals surface area contributed by atoms with Gasteiger partial charge in [-0.3, -0.25) is 9.69 Å². The predicted molar refractivity (Wildman–Crippen MR) is 167 cm³/mol. The Kier molecular flexibility index (Phi) is 29.5. The third-order valence-electron chi connectivity index (χ3n) is 7.93. The summed E-state index contributed by atoms with van der Waals surface area (Å²) in [6.07, 6.45) is 31.5. The van der Waals surface area contributed by atoms with Crippen molar-refractivity contribution >= 4 is 5.91 Å². The Morgan fingerprint density at radius 2 is 0.649 bits per heavy atom. The fourth-order valence-corrected chi connectivity index (χ4v) is 5.32. The highest BCUT2D eigenvalue weighted by Crippen LogP contribution is 2.12. The molecule has 0 aliphatic carbocycles. The van der Waals surface area contributed by atoms with Gasteiger partial charge in [0.1, 0.15) is 0 Å². The van der Waals surface area contributed by atoms with E-state index in [1.807, 2.05) is 0 Å². The Labute approximate surface area is 234 Å². The minimum Gasteiger partial charge on any atom is -0.342 e. The summed E-state index contributed by atoms with van der Waals surface area (Å²) >= 11 is 0. The molecule has 0 unspecified atom stereocenters. The normalized spacial score (nSPS) is 11.5. The van der Waals surface area contributed by atoms with Crippen LogP contribution in [0.1, 0.15) is 182 Å². The van der Waals surface area contributed by atoms with Crippen molar-refractivity contribution < 1.29 is 4.79 Å². The van der Waals surface area contributed by atoms with E-state index in [4.69, 9.17) is 0 Å². The third-order valence-corrected chi connectivity index (χ3v) is 7.93. The maximum absolute atomic E-state index is 13.5. The van der Waals surface area contributed by atoms with Crippen LogP contribution in [0.4, 0.5) is 0 Å². The summed E-state index contributed by atoms with van der Waals surface area (Å²) in [6.45, 7) is 13.9. The molecule has 0 radical (unpaired) electrons. The van der Waals surface area contributed by atoms with Crippen LogP contribution in [0.2, 0.25) is 0 Å².